The quantitative estimate of drug-likeness (QED) is 0.744. The third-order valence-corrected chi connectivity index (χ3v) is 4.62. The van der Waals surface area contributed by atoms with Gasteiger partial charge in [-0.2, -0.15) is 0 Å². The van der Waals surface area contributed by atoms with Crippen LogP contribution in [0.25, 0.3) is 0 Å². The molecule has 0 aliphatic carbocycles. The van der Waals surface area contributed by atoms with E-state index < -0.39 is 0 Å². The minimum atomic E-state index is -0.272. The second-order valence-corrected chi connectivity index (χ2v) is 6.51. The Morgan fingerprint density at radius 1 is 1.27 bits per heavy atom. The zero-order chi connectivity index (χ0) is 18.4. The van der Waals surface area contributed by atoms with E-state index in [1.807, 2.05) is 18.2 Å². The van der Waals surface area contributed by atoms with Crippen LogP contribution in [0.15, 0.2) is 42.5 Å². The number of halogens is 1. The van der Waals surface area contributed by atoms with Gasteiger partial charge in [0.2, 0.25) is 0 Å². The third-order valence-electron chi connectivity index (χ3n) is 4.25. The molecule has 2 aromatic carbocycles. The average molecular weight is 375 g/mol. The molecule has 3 rings (SSSR count). The summed E-state index contributed by atoms with van der Waals surface area (Å²) in [6.45, 7) is 1.78. The first-order valence-electron chi connectivity index (χ1n) is 8.61. The second kappa shape index (κ2) is 8.96. The highest BCUT2D eigenvalue weighted by Crippen LogP contribution is 2.32. The molecule has 0 amide bonds. The summed E-state index contributed by atoms with van der Waals surface area (Å²) in [6.07, 6.45) is 2.33. The van der Waals surface area contributed by atoms with Crippen LogP contribution in [0.5, 0.6) is 11.5 Å². The van der Waals surface area contributed by atoms with E-state index in [1.165, 1.54) is 12.1 Å². The first-order chi connectivity index (χ1) is 12.7. The van der Waals surface area contributed by atoms with Gasteiger partial charge in [-0.25, -0.2) is 4.39 Å². The van der Waals surface area contributed by atoms with E-state index in [2.05, 4.69) is 5.32 Å². The number of para-hydroxylation sites is 1. The number of rotatable bonds is 7. The number of hydrogen-bond donors (Lipinski definition) is 1. The highest BCUT2D eigenvalue weighted by molar-refractivity contribution is 7.80. The number of hydrogen-bond acceptors (Lipinski definition) is 4. The fourth-order valence-electron chi connectivity index (χ4n) is 2.85. The summed E-state index contributed by atoms with van der Waals surface area (Å²) in [6, 6.07) is 11.8. The predicted octanol–water partition coefficient (Wildman–Crippen LogP) is 3.86. The number of methoxy groups -OCH3 is 1. The van der Waals surface area contributed by atoms with Crippen molar-refractivity contribution in [1.29, 1.82) is 0 Å². The zero-order valence-corrected chi connectivity index (χ0v) is 15.5. The molecule has 0 aromatic heterocycles. The van der Waals surface area contributed by atoms with Gasteiger partial charge in [0, 0.05) is 13.2 Å². The van der Waals surface area contributed by atoms with Crippen LogP contribution in [0.2, 0.25) is 0 Å². The molecular formula is C20H22FNO3S. The van der Waals surface area contributed by atoms with E-state index in [0.717, 1.165) is 30.6 Å². The molecule has 2 aromatic rings. The minimum absolute atomic E-state index is 0.196. The normalized spacial score (nSPS) is 16.3. The van der Waals surface area contributed by atoms with Crippen LogP contribution in [-0.4, -0.2) is 31.4 Å². The van der Waals surface area contributed by atoms with E-state index in [9.17, 15) is 4.39 Å². The first-order valence-corrected chi connectivity index (χ1v) is 9.02. The van der Waals surface area contributed by atoms with E-state index in [4.69, 9.17) is 26.4 Å². The van der Waals surface area contributed by atoms with Gasteiger partial charge in [-0.05, 0) is 42.7 Å². The van der Waals surface area contributed by atoms with Gasteiger partial charge in [-0.1, -0.05) is 30.4 Å². The summed E-state index contributed by atoms with van der Waals surface area (Å²) < 4.78 is 30.1. The molecule has 1 N–H and O–H groups in total. The van der Waals surface area contributed by atoms with Crippen molar-refractivity contribution in [3.63, 3.8) is 0 Å². The third kappa shape index (κ3) is 4.71. The van der Waals surface area contributed by atoms with Crippen LogP contribution in [0.1, 0.15) is 24.0 Å². The maximum Gasteiger partial charge on any atom is 0.171 e. The van der Waals surface area contributed by atoms with Gasteiger partial charge < -0.3 is 19.5 Å². The lowest BCUT2D eigenvalue weighted by molar-refractivity contribution is 0.114. The van der Waals surface area contributed by atoms with E-state index in [-0.39, 0.29) is 11.9 Å². The van der Waals surface area contributed by atoms with Crippen molar-refractivity contribution in [3.05, 3.63) is 59.4 Å². The number of nitrogens with one attached hydrogen (secondary N) is 1. The van der Waals surface area contributed by atoms with Gasteiger partial charge in [-0.3, -0.25) is 0 Å². The fraction of sp³-hybridized carbons (Fsp3) is 0.350. The largest absolute Gasteiger partial charge is 0.493 e. The second-order valence-electron chi connectivity index (χ2n) is 6.10. The molecule has 4 nitrogen and oxygen atoms in total. The summed E-state index contributed by atoms with van der Waals surface area (Å²) in [7, 11) is 1.59. The molecule has 26 heavy (non-hydrogen) atoms. The molecule has 1 atom stereocenters. The van der Waals surface area contributed by atoms with Crippen LogP contribution in [0.3, 0.4) is 0 Å². The van der Waals surface area contributed by atoms with E-state index in [0.29, 0.717) is 29.6 Å². The SMILES string of the molecule is COc1cccc(C(=S)NC[C@@H]2CCCO2)c1OCc1ccc(F)cc1. The minimum Gasteiger partial charge on any atom is -0.493 e. The Morgan fingerprint density at radius 2 is 2.08 bits per heavy atom. The van der Waals surface area contributed by atoms with Gasteiger partial charge in [0.05, 0.1) is 18.8 Å². The lowest BCUT2D eigenvalue weighted by Crippen LogP contribution is -2.31. The lowest BCUT2D eigenvalue weighted by Gasteiger charge is -2.18. The van der Waals surface area contributed by atoms with Crippen molar-refractivity contribution in [2.45, 2.75) is 25.6 Å². The van der Waals surface area contributed by atoms with Crippen molar-refractivity contribution in [1.82, 2.24) is 5.32 Å². The Kier molecular flexibility index (Phi) is 6.41. The molecule has 1 fully saturated rings. The topological polar surface area (TPSA) is 39.7 Å². The smallest absolute Gasteiger partial charge is 0.171 e. The van der Waals surface area contributed by atoms with Gasteiger partial charge in [0.1, 0.15) is 17.4 Å². The van der Waals surface area contributed by atoms with Crippen molar-refractivity contribution >= 4 is 17.2 Å². The van der Waals surface area contributed by atoms with Gasteiger partial charge in [0.25, 0.3) is 0 Å². The average Bonchev–Trinajstić information content (AvgIpc) is 3.19. The molecule has 1 saturated heterocycles. The molecule has 1 heterocycles. The van der Waals surface area contributed by atoms with Crippen LogP contribution < -0.4 is 14.8 Å². The van der Waals surface area contributed by atoms with Crippen molar-refractivity contribution in [2.75, 3.05) is 20.3 Å². The van der Waals surface area contributed by atoms with Crippen molar-refractivity contribution in [3.8, 4) is 11.5 Å². The molecule has 1 aliphatic rings. The van der Waals surface area contributed by atoms with Gasteiger partial charge >= 0.3 is 0 Å². The molecule has 0 radical (unpaired) electrons. The number of ether oxygens (including phenoxy) is 3. The Balaban J connectivity index is 1.72. The monoisotopic (exact) mass is 375 g/mol. The van der Waals surface area contributed by atoms with Crippen LogP contribution in [-0.2, 0) is 11.3 Å². The number of thiocarbonyl (C=S) groups is 1. The molecule has 6 heteroatoms. The standard InChI is InChI=1S/C20H22FNO3S/c1-23-18-6-2-5-17(20(26)22-12-16-4-3-11-24-16)19(18)25-13-14-7-9-15(21)10-8-14/h2,5-10,16H,3-4,11-13H2,1H3,(H,22,26)/t16-/m0/s1. The fourth-order valence-corrected chi connectivity index (χ4v) is 3.09. The van der Waals surface area contributed by atoms with E-state index in [1.54, 1.807) is 19.2 Å². The molecule has 138 valence electrons. The Labute approximate surface area is 158 Å². The Bertz CT molecular complexity index is 745. The van der Waals surface area contributed by atoms with Crippen LogP contribution in [0, 0.1) is 5.82 Å². The molecule has 0 unspecified atom stereocenters. The van der Waals surface area contributed by atoms with Crippen molar-refractivity contribution in [2.24, 2.45) is 0 Å². The maximum absolute atomic E-state index is 13.1. The predicted molar refractivity (Wildman–Crippen MR) is 102 cm³/mol. The summed E-state index contributed by atoms with van der Waals surface area (Å²) >= 11 is 5.55. The zero-order valence-electron chi connectivity index (χ0n) is 14.7. The maximum atomic E-state index is 13.1. The number of benzene rings is 2. The van der Waals surface area contributed by atoms with Crippen LogP contribution in [0.4, 0.5) is 4.39 Å². The Hall–Kier alpha value is -2.18. The highest BCUT2D eigenvalue weighted by atomic mass is 32.1. The Morgan fingerprint density at radius 3 is 2.77 bits per heavy atom. The van der Waals surface area contributed by atoms with Gasteiger partial charge in [0.15, 0.2) is 11.5 Å². The molecular weight excluding hydrogens is 353 g/mol. The summed E-state index contributed by atoms with van der Waals surface area (Å²) in [5, 5.41) is 3.26. The lowest BCUT2D eigenvalue weighted by atomic mass is 10.1. The first kappa shape index (κ1) is 18.6. The molecule has 1 aliphatic heterocycles. The van der Waals surface area contributed by atoms with Crippen LogP contribution >= 0.6 is 12.2 Å². The molecule has 0 saturated carbocycles. The molecule has 0 spiro atoms. The van der Waals surface area contributed by atoms with Crippen molar-refractivity contribution < 1.29 is 18.6 Å². The van der Waals surface area contributed by atoms with Gasteiger partial charge in [-0.15, -0.1) is 0 Å². The summed E-state index contributed by atoms with van der Waals surface area (Å²) in [4.78, 5) is 0.591. The highest BCUT2D eigenvalue weighted by Gasteiger charge is 2.18. The van der Waals surface area contributed by atoms with E-state index >= 15 is 0 Å². The summed E-state index contributed by atoms with van der Waals surface area (Å²) in [5.41, 5.74) is 1.63. The summed E-state index contributed by atoms with van der Waals surface area (Å²) in [5.74, 6) is 0.904. The molecule has 0 bridgehead atoms.